The molecular formula is C27H41N3O5S. The van der Waals surface area contributed by atoms with Gasteiger partial charge in [0.05, 0.1) is 6.61 Å². The maximum atomic E-state index is 13.9. The lowest BCUT2D eigenvalue weighted by Crippen LogP contribution is -2.54. The Morgan fingerprint density at radius 2 is 1.86 bits per heavy atom. The van der Waals surface area contributed by atoms with Crippen molar-refractivity contribution in [1.82, 2.24) is 15.5 Å². The predicted octanol–water partition coefficient (Wildman–Crippen LogP) is 3.48. The lowest BCUT2D eigenvalue weighted by molar-refractivity contribution is -0.143. The van der Waals surface area contributed by atoms with Gasteiger partial charge in [-0.1, -0.05) is 37.5 Å². The van der Waals surface area contributed by atoms with Crippen LogP contribution in [0.4, 0.5) is 4.79 Å². The second-order valence-corrected chi connectivity index (χ2v) is 10.6. The van der Waals surface area contributed by atoms with Gasteiger partial charge in [0.1, 0.15) is 17.7 Å². The van der Waals surface area contributed by atoms with Gasteiger partial charge in [0, 0.05) is 18.2 Å². The Balaban J connectivity index is 3.49. The number of nitrogens with zero attached hydrogens (tertiary/aromatic N) is 1. The summed E-state index contributed by atoms with van der Waals surface area (Å²) in [5, 5.41) is 15.5. The highest BCUT2D eigenvalue weighted by Gasteiger charge is 2.37. The number of hydrogen-bond donors (Lipinski definition) is 3. The van der Waals surface area contributed by atoms with Crippen LogP contribution in [0.2, 0.25) is 0 Å². The van der Waals surface area contributed by atoms with Crippen LogP contribution in [-0.2, 0) is 14.3 Å². The lowest BCUT2D eigenvalue weighted by Gasteiger charge is -2.35. The highest BCUT2D eigenvalue weighted by Crippen LogP contribution is 2.26. The third-order valence-electron chi connectivity index (χ3n) is 5.30. The maximum Gasteiger partial charge on any atom is 0.408 e. The zero-order valence-corrected chi connectivity index (χ0v) is 23.1. The average Bonchev–Trinajstić information content (AvgIpc) is 2.80. The first kappa shape index (κ1) is 31.3. The highest BCUT2D eigenvalue weighted by molar-refractivity contribution is 7.98. The van der Waals surface area contributed by atoms with Crippen LogP contribution in [0.25, 0.3) is 0 Å². The smallest absolute Gasteiger partial charge is 0.408 e. The molecule has 0 saturated carbocycles. The SMILES string of the molecule is C#Cc1ccccc1C(C(=O)NC(C)CCC)N(CCO)C(=O)C(CCSC)NC(=O)OC(C)(C)C. The predicted molar refractivity (Wildman–Crippen MR) is 145 cm³/mol. The van der Waals surface area contributed by atoms with Crippen LogP contribution in [0.1, 0.15) is 71.0 Å². The molecule has 36 heavy (non-hydrogen) atoms. The van der Waals surface area contributed by atoms with Crippen molar-refractivity contribution in [3.8, 4) is 12.3 Å². The molecule has 3 atom stereocenters. The molecule has 0 saturated heterocycles. The van der Waals surface area contributed by atoms with Gasteiger partial charge in [0.15, 0.2) is 0 Å². The summed E-state index contributed by atoms with van der Waals surface area (Å²) < 4.78 is 5.36. The molecule has 0 bridgehead atoms. The first-order valence-corrected chi connectivity index (χ1v) is 13.6. The van der Waals surface area contributed by atoms with Crippen LogP contribution >= 0.6 is 11.8 Å². The number of amides is 3. The van der Waals surface area contributed by atoms with Crippen molar-refractivity contribution in [2.45, 2.75) is 77.6 Å². The number of aliphatic hydroxyl groups excluding tert-OH is 1. The summed E-state index contributed by atoms with van der Waals surface area (Å²) in [6, 6.07) is 4.75. The molecule has 0 radical (unpaired) electrons. The number of benzene rings is 1. The van der Waals surface area contributed by atoms with Crippen LogP contribution in [0.3, 0.4) is 0 Å². The van der Waals surface area contributed by atoms with E-state index in [9.17, 15) is 19.5 Å². The van der Waals surface area contributed by atoms with Crippen LogP contribution in [0.15, 0.2) is 24.3 Å². The van der Waals surface area contributed by atoms with Gasteiger partial charge < -0.3 is 25.4 Å². The molecule has 3 amide bonds. The quantitative estimate of drug-likeness (QED) is 0.345. The fraction of sp³-hybridized carbons (Fsp3) is 0.593. The standard InChI is InChI=1S/C27H41N3O5S/c1-8-12-19(3)28-24(32)23(21-14-11-10-13-20(21)9-2)30(16-17-31)25(33)22(15-18-36-7)29-26(34)35-27(4,5)6/h2,10-11,13-14,19,22-23,31H,8,12,15-18H2,1,3-7H3,(H,28,32)(H,29,34). The third-order valence-corrected chi connectivity index (χ3v) is 5.95. The van der Waals surface area contributed by atoms with Crippen LogP contribution in [-0.4, -0.2) is 70.8 Å². The number of carbonyl (C=O) groups excluding carboxylic acids is 3. The molecule has 9 heteroatoms. The molecule has 1 aromatic carbocycles. The average molecular weight is 520 g/mol. The van der Waals surface area contributed by atoms with Crippen molar-refractivity contribution < 1.29 is 24.2 Å². The van der Waals surface area contributed by atoms with E-state index in [2.05, 4.69) is 16.6 Å². The zero-order chi connectivity index (χ0) is 27.3. The first-order chi connectivity index (χ1) is 17.0. The van der Waals surface area contributed by atoms with Crippen molar-refractivity contribution in [2.24, 2.45) is 0 Å². The monoisotopic (exact) mass is 519 g/mol. The summed E-state index contributed by atoms with van der Waals surface area (Å²) in [6.07, 6.45) is 8.86. The Bertz CT molecular complexity index is 909. The molecule has 8 nitrogen and oxygen atoms in total. The van der Waals surface area contributed by atoms with Crippen molar-refractivity contribution in [3.05, 3.63) is 35.4 Å². The van der Waals surface area contributed by atoms with Gasteiger partial charge >= 0.3 is 6.09 Å². The van der Waals surface area contributed by atoms with Gasteiger partial charge in [-0.25, -0.2) is 4.79 Å². The number of nitrogens with one attached hydrogen (secondary N) is 2. The topological polar surface area (TPSA) is 108 Å². The molecular weight excluding hydrogens is 478 g/mol. The second-order valence-electron chi connectivity index (χ2n) is 9.57. The van der Waals surface area contributed by atoms with Crippen molar-refractivity contribution in [1.29, 1.82) is 0 Å². The van der Waals surface area contributed by atoms with E-state index in [-0.39, 0.29) is 19.2 Å². The summed E-state index contributed by atoms with van der Waals surface area (Å²) in [6.45, 7) is 8.63. The second kappa shape index (κ2) is 15.4. The molecule has 3 N–H and O–H groups in total. The third kappa shape index (κ3) is 10.1. The summed E-state index contributed by atoms with van der Waals surface area (Å²) in [5.74, 6) is 2.28. The number of alkyl carbamates (subject to hydrolysis) is 1. The van der Waals surface area contributed by atoms with Crippen molar-refractivity contribution in [3.63, 3.8) is 0 Å². The fourth-order valence-corrected chi connectivity index (χ4v) is 4.23. The van der Waals surface area contributed by atoms with E-state index < -0.39 is 35.6 Å². The normalized spacial score (nSPS) is 13.6. The summed E-state index contributed by atoms with van der Waals surface area (Å²) in [4.78, 5) is 41.3. The number of carbonyl (C=O) groups is 3. The molecule has 0 spiro atoms. The number of thioether (sulfide) groups is 1. The van der Waals surface area contributed by atoms with Gasteiger partial charge in [-0.3, -0.25) is 9.59 Å². The van der Waals surface area contributed by atoms with E-state index in [1.807, 2.05) is 20.1 Å². The van der Waals surface area contributed by atoms with E-state index >= 15 is 0 Å². The molecule has 1 aromatic rings. The molecule has 200 valence electrons. The summed E-state index contributed by atoms with van der Waals surface area (Å²) >= 11 is 1.53. The van der Waals surface area contributed by atoms with Gasteiger partial charge in [-0.05, 0) is 64.2 Å². The zero-order valence-electron chi connectivity index (χ0n) is 22.3. The molecule has 1 rings (SSSR count). The molecule has 3 unspecified atom stereocenters. The van der Waals surface area contributed by atoms with E-state index in [1.54, 1.807) is 45.0 Å². The number of terminal acetylenes is 1. The molecule has 0 aliphatic heterocycles. The Labute approximate surface area is 219 Å². The Morgan fingerprint density at radius 3 is 2.42 bits per heavy atom. The fourth-order valence-electron chi connectivity index (χ4n) is 3.76. The van der Waals surface area contributed by atoms with Gasteiger partial charge in [-0.15, -0.1) is 6.42 Å². The Kier molecular flexibility index (Phi) is 13.4. The van der Waals surface area contributed by atoms with E-state index in [0.717, 1.165) is 12.8 Å². The van der Waals surface area contributed by atoms with E-state index in [4.69, 9.17) is 11.2 Å². The minimum absolute atomic E-state index is 0.121. The van der Waals surface area contributed by atoms with Crippen molar-refractivity contribution >= 4 is 29.7 Å². The molecule has 0 aliphatic carbocycles. The first-order valence-electron chi connectivity index (χ1n) is 12.2. The minimum Gasteiger partial charge on any atom is -0.444 e. The highest BCUT2D eigenvalue weighted by atomic mass is 32.2. The molecule has 0 aliphatic rings. The number of rotatable bonds is 13. The van der Waals surface area contributed by atoms with Crippen LogP contribution in [0.5, 0.6) is 0 Å². The van der Waals surface area contributed by atoms with Crippen LogP contribution in [0, 0.1) is 12.3 Å². The summed E-state index contributed by atoms with van der Waals surface area (Å²) in [5.41, 5.74) is 0.201. The Hall–Kier alpha value is -2.70. The largest absolute Gasteiger partial charge is 0.444 e. The van der Waals surface area contributed by atoms with Gasteiger partial charge in [-0.2, -0.15) is 11.8 Å². The number of ether oxygens (including phenoxy) is 1. The maximum absolute atomic E-state index is 13.9. The number of aliphatic hydroxyl groups is 1. The van der Waals surface area contributed by atoms with Gasteiger partial charge in [0.2, 0.25) is 11.8 Å². The van der Waals surface area contributed by atoms with E-state index in [1.165, 1.54) is 16.7 Å². The minimum atomic E-state index is -1.09. The van der Waals surface area contributed by atoms with E-state index in [0.29, 0.717) is 23.3 Å². The van der Waals surface area contributed by atoms with Crippen molar-refractivity contribution in [2.75, 3.05) is 25.2 Å². The lowest BCUT2D eigenvalue weighted by atomic mass is 9.97. The van der Waals surface area contributed by atoms with Gasteiger partial charge in [0.25, 0.3) is 0 Å². The number of hydrogen-bond acceptors (Lipinski definition) is 6. The molecule has 0 aromatic heterocycles. The molecule has 0 fully saturated rings. The Morgan fingerprint density at radius 1 is 1.19 bits per heavy atom. The summed E-state index contributed by atoms with van der Waals surface area (Å²) in [7, 11) is 0. The van der Waals surface area contributed by atoms with Crippen LogP contribution < -0.4 is 10.6 Å². The molecule has 0 heterocycles.